The van der Waals surface area contributed by atoms with Crippen LogP contribution in [0.2, 0.25) is 0 Å². The molecule has 0 fully saturated rings. The monoisotopic (exact) mass is 364 g/mol. The lowest BCUT2D eigenvalue weighted by Crippen LogP contribution is -2.30. The zero-order chi connectivity index (χ0) is 13.2. The molecule has 0 aliphatic rings. The Morgan fingerprint density at radius 3 is 2.53 bits per heavy atom. The molecule has 1 unspecified atom stereocenters. The normalized spacial score (nSPS) is 13.5. The van der Waals surface area contributed by atoms with Gasteiger partial charge in [-0.05, 0) is 30.2 Å². The first-order valence-corrected chi connectivity index (χ1v) is 7.05. The van der Waals surface area contributed by atoms with Crippen molar-refractivity contribution in [3.8, 4) is 0 Å². The van der Waals surface area contributed by atoms with Crippen LogP contribution >= 0.6 is 31.9 Å². The number of hydrogen-bond acceptors (Lipinski definition) is 1. The third-order valence-electron chi connectivity index (χ3n) is 2.43. The van der Waals surface area contributed by atoms with Gasteiger partial charge in [-0.3, -0.25) is 4.79 Å². The van der Waals surface area contributed by atoms with Crippen LogP contribution in [0, 0.1) is 11.2 Å². The second-order valence-corrected chi connectivity index (χ2v) is 6.98. The number of carbonyl (C=O) groups is 1. The maximum Gasteiger partial charge on any atom is 0.152 e. The van der Waals surface area contributed by atoms with E-state index in [1.165, 1.54) is 12.1 Å². The Morgan fingerprint density at radius 1 is 1.41 bits per heavy atom. The molecule has 17 heavy (non-hydrogen) atoms. The van der Waals surface area contributed by atoms with E-state index in [9.17, 15) is 9.18 Å². The molecule has 0 aromatic heterocycles. The van der Waals surface area contributed by atoms with Crippen LogP contribution in [-0.4, -0.2) is 10.6 Å². The van der Waals surface area contributed by atoms with Gasteiger partial charge in [-0.15, -0.1) is 0 Å². The van der Waals surface area contributed by atoms with Crippen molar-refractivity contribution in [2.45, 2.75) is 32.0 Å². The number of ketones is 1. The number of carbonyl (C=O) groups excluding carboxylic acids is 1. The van der Waals surface area contributed by atoms with E-state index < -0.39 is 5.41 Å². The van der Waals surface area contributed by atoms with E-state index in [0.717, 1.165) is 10.0 Å². The summed E-state index contributed by atoms with van der Waals surface area (Å²) < 4.78 is 13.9. The summed E-state index contributed by atoms with van der Waals surface area (Å²) in [6.07, 6.45) is 0.481. The van der Waals surface area contributed by atoms with Crippen molar-refractivity contribution in [1.29, 1.82) is 0 Å². The summed E-state index contributed by atoms with van der Waals surface area (Å²) in [6, 6.07) is 4.50. The largest absolute Gasteiger partial charge is 0.298 e. The molecular weight excluding hydrogens is 351 g/mol. The third kappa shape index (κ3) is 4.18. The third-order valence-corrected chi connectivity index (χ3v) is 3.94. The highest BCUT2D eigenvalue weighted by Crippen LogP contribution is 2.26. The van der Waals surface area contributed by atoms with E-state index in [2.05, 4.69) is 31.9 Å². The molecule has 1 nitrogen and oxygen atoms in total. The molecule has 1 rings (SSSR count). The fraction of sp³-hybridized carbons (Fsp3) is 0.462. The smallest absolute Gasteiger partial charge is 0.152 e. The minimum absolute atomic E-state index is 0.119. The van der Waals surface area contributed by atoms with Gasteiger partial charge in [0.25, 0.3) is 0 Å². The minimum Gasteiger partial charge on any atom is -0.298 e. The molecule has 94 valence electrons. The van der Waals surface area contributed by atoms with Gasteiger partial charge >= 0.3 is 0 Å². The highest BCUT2D eigenvalue weighted by Gasteiger charge is 2.28. The lowest BCUT2D eigenvalue weighted by molar-refractivity contribution is -0.125. The number of rotatable bonds is 3. The van der Waals surface area contributed by atoms with E-state index in [-0.39, 0.29) is 16.4 Å². The zero-order valence-corrected chi connectivity index (χ0v) is 13.2. The van der Waals surface area contributed by atoms with Gasteiger partial charge in [-0.1, -0.05) is 52.6 Å². The van der Waals surface area contributed by atoms with Gasteiger partial charge < -0.3 is 0 Å². The average Bonchev–Trinajstić information content (AvgIpc) is 2.21. The summed E-state index contributed by atoms with van der Waals surface area (Å²) in [4.78, 5) is 11.7. The number of halogens is 3. The molecule has 1 atom stereocenters. The van der Waals surface area contributed by atoms with Crippen LogP contribution in [0.4, 0.5) is 4.39 Å². The topological polar surface area (TPSA) is 17.1 Å². The van der Waals surface area contributed by atoms with Gasteiger partial charge in [0, 0.05) is 9.89 Å². The summed E-state index contributed by atoms with van der Waals surface area (Å²) in [7, 11) is 0. The predicted molar refractivity (Wildman–Crippen MR) is 75.0 cm³/mol. The molecule has 4 heteroatoms. The van der Waals surface area contributed by atoms with Crippen LogP contribution in [0.25, 0.3) is 0 Å². The summed E-state index contributed by atoms with van der Waals surface area (Å²) in [5, 5.41) is 0. The van der Waals surface area contributed by atoms with Crippen LogP contribution in [0.15, 0.2) is 22.7 Å². The Kier molecular flexibility index (Phi) is 4.90. The molecule has 0 heterocycles. The summed E-state index contributed by atoms with van der Waals surface area (Å²) in [6.45, 7) is 5.64. The minimum atomic E-state index is -0.395. The molecule has 0 aliphatic heterocycles. The molecule has 1 aromatic rings. The van der Waals surface area contributed by atoms with Gasteiger partial charge in [-0.25, -0.2) is 4.39 Å². The number of Topliss-reactive ketones (excluding diaryl/α,β-unsaturated/α-hetero) is 1. The molecule has 0 radical (unpaired) electrons. The van der Waals surface area contributed by atoms with Crippen LogP contribution in [0.3, 0.4) is 0 Å². The lowest BCUT2D eigenvalue weighted by atomic mass is 9.87. The predicted octanol–water partition coefficient (Wildman–Crippen LogP) is 4.51. The van der Waals surface area contributed by atoms with Gasteiger partial charge in [0.1, 0.15) is 5.82 Å². The molecule has 0 bridgehead atoms. The van der Waals surface area contributed by atoms with Crippen molar-refractivity contribution >= 4 is 37.6 Å². The average molecular weight is 366 g/mol. The lowest BCUT2D eigenvalue weighted by Gasteiger charge is -2.21. The second-order valence-electron chi connectivity index (χ2n) is 5.02. The van der Waals surface area contributed by atoms with E-state index in [1.807, 2.05) is 20.8 Å². The Balaban J connectivity index is 2.85. The van der Waals surface area contributed by atoms with Gasteiger partial charge in [-0.2, -0.15) is 0 Å². The fourth-order valence-electron chi connectivity index (χ4n) is 1.46. The SMILES string of the molecule is CC(C)(C)C(=O)C(Br)Cc1cc(F)ccc1Br. The Hall–Kier alpha value is -0.220. The molecule has 0 N–H and O–H groups in total. The van der Waals surface area contributed by atoms with Crippen molar-refractivity contribution in [3.05, 3.63) is 34.1 Å². The fourth-order valence-corrected chi connectivity index (χ4v) is 2.90. The zero-order valence-electron chi connectivity index (χ0n) is 10.1. The maximum absolute atomic E-state index is 13.1. The van der Waals surface area contributed by atoms with E-state index in [0.29, 0.717) is 6.42 Å². The van der Waals surface area contributed by atoms with E-state index >= 15 is 0 Å². The summed E-state index contributed by atoms with van der Waals surface area (Å²) in [5.41, 5.74) is 0.401. The van der Waals surface area contributed by atoms with Crippen molar-refractivity contribution in [1.82, 2.24) is 0 Å². The van der Waals surface area contributed by atoms with Crippen molar-refractivity contribution < 1.29 is 9.18 Å². The molecule has 0 aliphatic carbocycles. The summed E-state index contributed by atoms with van der Waals surface area (Å²) in [5.74, 6) is -0.167. The quantitative estimate of drug-likeness (QED) is 0.720. The molecular formula is C13H15Br2FO. The van der Waals surface area contributed by atoms with E-state index in [1.54, 1.807) is 6.07 Å². The number of benzene rings is 1. The van der Waals surface area contributed by atoms with Crippen LogP contribution in [-0.2, 0) is 11.2 Å². The second kappa shape index (κ2) is 5.61. The van der Waals surface area contributed by atoms with Crippen molar-refractivity contribution in [3.63, 3.8) is 0 Å². The first-order valence-electron chi connectivity index (χ1n) is 5.34. The van der Waals surface area contributed by atoms with Crippen molar-refractivity contribution in [2.75, 3.05) is 0 Å². The van der Waals surface area contributed by atoms with Gasteiger partial charge in [0.2, 0.25) is 0 Å². The Bertz CT molecular complexity index is 424. The Morgan fingerprint density at radius 2 is 2.00 bits per heavy atom. The first kappa shape index (κ1) is 14.8. The van der Waals surface area contributed by atoms with Crippen LogP contribution < -0.4 is 0 Å². The van der Waals surface area contributed by atoms with Crippen molar-refractivity contribution in [2.24, 2.45) is 5.41 Å². The Labute approximate surface area is 118 Å². The van der Waals surface area contributed by atoms with E-state index in [4.69, 9.17) is 0 Å². The molecule has 0 spiro atoms. The summed E-state index contributed by atoms with van der Waals surface area (Å²) >= 11 is 6.74. The number of alkyl halides is 1. The first-order chi connectivity index (χ1) is 7.71. The molecule has 0 saturated carbocycles. The van der Waals surface area contributed by atoms with Gasteiger partial charge in [0.15, 0.2) is 5.78 Å². The maximum atomic E-state index is 13.1. The highest BCUT2D eigenvalue weighted by molar-refractivity contribution is 9.10. The van der Waals surface area contributed by atoms with Crippen LogP contribution in [0.5, 0.6) is 0 Å². The highest BCUT2D eigenvalue weighted by atomic mass is 79.9. The van der Waals surface area contributed by atoms with Gasteiger partial charge in [0.05, 0.1) is 4.83 Å². The molecule has 0 saturated heterocycles. The molecule has 1 aromatic carbocycles. The molecule has 0 amide bonds. The standard InChI is InChI=1S/C13H15Br2FO/c1-13(2,3)12(17)11(15)7-8-6-9(16)4-5-10(8)14/h4-6,11H,7H2,1-3H3. The number of hydrogen-bond donors (Lipinski definition) is 0. The van der Waals surface area contributed by atoms with Crippen LogP contribution in [0.1, 0.15) is 26.3 Å².